The summed E-state index contributed by atoms with van der Waals surface area (Å²) in [5.74, 6) is -0.0848. The Morgan fingerprint density at radius 2 is 2.15 bits per heavy atom. The van der Waals surface area contributed by atoms with Crippen LogP contribution in [0.4, 0.5) is 5.69 Å². The molecule has 1 aliphatic carbocycles. The fraction of sp³-hybridized carbons (Fsp3) is 0.438. The number of carbonyl (C=O) groups is 1. The van der Waals surface area contributed by atoms with E-state index >= 15 is 0 Å². The van der Waals surface area contributed by atoms with Gasteiger partial charge in [0.05, 0.1) is 12.1 Å². The average Bonchev–Trinajstić information content (AvgIpc) is 2.44. The highest BCUT2D eigenvalue weighted by Crippen LogP contribution is 2.22. The minimum atomic E-state index is -0.404. The van der Waals surface area contributed by atoms with Crippen molar-refractivity contribution in [1.82, 2.24) is 4.90 Å². The quantitative estimate of drug-likeness (QED) is 0.655. The molecule has 1 amide bonds. The first-order valence-corrected chi connectivity index (χ1v) is 7.06. The number of aliphatic hydroxyl groups excluding tert-OH is 1. The molecule has 0 spiro atoms. The highest BCUT2D eigenvalue weighted by molar-refractivity contribution is 5.92. The van der Waals surface area contributed by atoms with E-state index in [9.17, 15) is 9.90 Å². The standard InChI is InChI=1S/C16H22N2O2/c1-18(14-7-2-3-8-15(14)19)16(20)10-9-12-5-4-6-13(17)11-12/h4-6,9-11,14-15,19H,2-3,7-8,17H2,1H3/b10-9+. The fourth-order valence-electron chi connectivity index (χ4n) is 2.65. The molecule has 2 atom stereocenters. The minimum absolute atomic E-state index is 0.0678. The van der Waals surface area contributed by atoms with Gasteiger partial charge in [-0.1, -0.05) is 25.0 Å². The van der Waals surface area contributed by atoms with Gasteiger partial charge >= 0.3 is 0 Å². The van der Waals surface area contributed by atoms with Crippen molar-refractivity contribution >= 4 is 17.7 Å². The van der Waals surface area contributed by atoms with Crippen LogP contribution in [0.3, 0.4) is 0 Å². The second kappa shape index (κ2) is 6.57. The molecule has 3 N–H and O–H groups in total. The summed E-state index contributed by atoms with van der Waals surface area (Å²) in [5, 5.41) is 9.98. The van der Waals surface area contributed by atoms with E-state index in [-0.39, 0.29) is 11.9 Å². The van der Waals surface area contributed by atoms with Gasteiger partial charge < -0.3 is 15.7 Å². The molecule has 1 aromatic carbocycles. The molecule has 4 heteroatoms. The molecule has 1 saturated carbocycles. The van der Waals surface area contributed by atoms with Gasteiger partial charge in [-0.25, -0.2) is 0 Å². The van der Waals surface area contributed by atoms with Crippen molar-refractivity contribution < 1.29 is 9.90 Å². The summed E-state index contributed by atoms with van der Waals surface area (Å²) in [7, 11) is 1.76. The lowest BCUT2D eigenvalue weighted by molar-refractivity contribution is -0.130. The lowest BCUT2D eigenvalue weighted by atomic mass is 9.91. The van der Waals surface area contributed by atoms with Gasteiger partial charge in [0, 0.05) is 18.8 Å². The number of likely N-dealkylation sites (N-methyl/N-ethyl adjacent to an activating group) is 1. The van der Waals surface area contributed by atoms with Gasteiger partial charge in [-0.15, -0.1) is 0 Å². The van der Waals surface area contributed by atoms with Crippen molar-refractivity contribution in [2.24, 2.45) is 0 Å². The minimum Gasteiger partial charge on any atom is -0.399 e. The van der Waals surface area contributed by atoms with Crippen molar-refractivity contribution in [2.45, 2.75) is 37.8 Å². The number of rotatable bonds is 3. The van der Waals surface area contributed by atoms with Crippen LogP contribution in [0, 0.1) is 0 Å². The summed E-state index contributed by atoms with van der Waals surface area (Å²) in [4.78, 5) is 13.8. The SMILES string of the molecule is CN(C(=O)/C=C/c1cccc(N)c1)C1CCCCC1O. The predicted octanol–water partition coefficient (Wildman–Crippen LogP) is 2.04. The van der Waals surface area contributed by atoms with Crippen molar-refractivity contribution in [1.29, 1.82) is 0 Å². The average molecular weight is 274 g/mol. The molecule has 0 aromatic heterocycles. The van der Waals surface area contributed by atoms with Crippen LogP contribution in [-0.2, 0) is 4.79 Å². The molecule has 2 rings (SSSR count). The molecule has 0 saturated heterocycles. The summed E-state index contributed by atoms with van der Waals surface area (Å²) in [6.07, 6.45) is 6.65. The molecule has 0 aliphatic heterocycles. The summed E-state index contributed by atoms with van der Waals surface area (Å²) in [6.45, 7) is 0. The Hall–Kier alpha value is -1.81. The van der Waals surface area contributed by atoms with Crippen molar-refractivity contribution in [2.75, 3.05) is 12.8 Å². The number of hydrogen-bond acceptors (Lipinski definition) is 3. The van der Waals surface area contributed by atoms with Gasteiger partial charge in [0.15, 0.2) is 0 Å². The zero-order valence-corrected chi connectivity index (χ0v) is 11.8. The number of amides is 1. The number of carbonyl (C=O) groups excluding carboxylic acids is 1. The van der Waals surface area contributed by atoms with E-state index < -0.39 is 6.10 Å². The third-order valence-electron chi connectivity index (χ3n) is 3.87. The van der Waals surface area contributed by atoms with Gasteiger partial charge in [-0.2, -0.15) is 0 Å². The zero-order chi connectivity index (χ0) is 14.5. The molecule has 0 heterocycles. The Bertz CT molecular complexity index is 499. The van der Waals surface area contributed by atoms with Crippen LogP contribution in [0.5, 0.6) is 0 Å². The number of nitrogen functional groups attached to an aromatic ring is 1. The molecule has 0 bridgehead atoms. The fourth-order valence-corrected chi connectivity index (χ4v) is 2.65. The third kappa shape index (κ3) is 3.61. The number of nitrogens with two attached hydrogens (primary N) is 1. The number of anilines is 1. The number of hydrogen-bond donors (Lipinski definition) is 2. The third-order valence-corrected chi connectivity index (χ3v) is 3.87. The molecular weight excluding hydrogens is 252 g/mol. The molecule has 1 aliphatic rings. The van der Waals surface area contributed by atoms with Crippen LogP contribution in [0.15, 0.2) is 30.3 Å². The van der Waals surface area contributed by atoms with E-state index in [1.807, 2.05) is 24.3 Å². The Balaban J connectivity index is 2.00. The van der Waals surface area contributed by atoms with Crippen LogP contribution >= 0.6 is 0 Å². The summed E-state index contributed by atoms with van der Waals surface area (Å²) >= 11 is 0. The Morgan fingerprint density at radius 1 is 1.40 bits per heavy atom. The highest BCUT2D eigenvalue weighted by atomic mass is 16.3. The van der Waals surface area contributed by atoms with E-state index in [2.05, 4.69) is 0 Å². The molecule has 4 nitrogen and oxygen atoms in total. The van der Waals surface area contributed by atoms with Crippen LogP contribution in [-0.4, -0.2) is 35.1 Å². The van der Waals surface area contributed by atoms with Crippen molar-refractivity contribution in [3.05, 3.63) is 35.9 Å². The van der Waals surface area contributed by atoms with Gasteiger partial charge in [-0.05, 0) is 36.6 Å². The van der Waals surface area contributed by atoms with Crippen LogP contribution in [0.1, 0.15) is 31.2 Å². The Kier molecular flexibility index (Phi) is 4.79. The largest absolute Gasteiger partial charge is 0.399 e. The predicted molar refractivity (Wildman–Crippen MR) is 80.9 cm³/mol. The van der Waals surface area contributed by atoms with Crippen LogP contribution < -0.4 is 5.73 Å². The molecule has 108 valence electrons. The maximum absolute atomic E-state index is 12.1. The van der Waals surface area contributed by atoms with Crippen molar-refractivity contribution in [3.63, 3.8) is 0 Å². The maximum atomic E-state index is 12.1. The lowest BCUT2D eigenvalue weighted by Gasteiger charge is -2.34. The first-order chi connectivity index (χ1) is 9.58. The molecule has 20 heavy (non-hydrogen) atoms. The molecule has 1 aromatic rings. The van der Waals surface area contributed by atoms with Crippen LogP contribution in [0.25, 0.3) is 6.08 Å². The zero-order valence-electron chi connectivity index (χ0n) is 11.8. The van der Waals surface area contributed by atoms with E-state index in [1.165, 1.54) is 6.08 Å². The topological polar surface area (TPSA) is 66.6 Å². The number of aliphatic hydroxyl groups is 1. The first kappa shape index (κ1) is 14.6. The Labute approximate surface area is 119 Å². The lowest BCUT2D eigenvalue weighted by Crippen LogP contribution is -2.45. The first-order valence-electron chi connectivity index (χ1n) is 7.06. The van der Waals surface area contributed by atoms with Gasteiger partial charge in [-0.3, -0.25) is 4.79 Å². The monoisotopic (exact) mass is 274 g/mol. The molecule has 0 radical (unpaired) electrons. The van der Waals surface area contributed by atoms with Gasteiger partial charge in [0.2, 0.25) is 5.91 Å². The molecule has 1 fully saturated rings. The summed E-state index contributed by atoms with van der Waals surface area (Å²) in [5.41, 5.74) is 7.27. The molecule has 2 unspecified atom stereocenters. The number of nitrogens with zero attached hydrogens (tertiary/aromatic N) is 1. The Morgan fingerprint density at radius 3 is 2.85 bits per heavy atom. The smallest absolute Gasteiger partial charge is 0.246 e. The van der Waals surface area contributed by atoms with E-state index in [1.54, 1.807) is 18.0 Å². The summed E-state index contributed by atoms with van der Waals surface area (Å²) in [6, 6.07) is 7.31. The van der Waals surface area contributed by atoms with E-state index in [0.717, 1.165) is 31.2 Å². The highest BCUT2D eigenvalue weighted by Gasteiger charge is 2.28. The second-order valence-electron chi connectivity index (χ2n) is 5.37. The maximum Gasteiger partial charge on any atom is 0.246 e. The van der Waals surface area contributed by atoms with Crippen LogP contribution in [0.2, 0.25) is 0 Å². The summed E-state index contributed by atoms with van der Waals surface area (Å²) < 4.78 is 0. The second-order valence-corrected chi connectivity index (χ2v) is 5.37. The van der Waals surface area contributed by atoms with Gasteiger partial charge in [0.25, 0.3) is 0 Å². The number of benzene rings is 1. The van der Waals surface area contributed by atoms with Gasteiger partial charge in [0.1, 0.15) is 0 Å². The van der Waals surface area contributed by atoms with E-state index in [4.69, 9.17) is 5.73 Å². The van der Waals surface area contributed by atoms with E-state index in [0.29, 0.717) is 5.69 Å². The van der Waals surface area contributed by atoms with Crippen molar-refractivity contribution in [3.8, 4) is 0 Å². The normalized spacial score (nSPS) is 22.9. The molecular formula is C16H22N2O2.